The molecule has 0 fully saturated rings. The molecule has 3 nitrogen and oxygen atoms in total. The third-order valence-corrected chi connectivity index (χ3v) is 4.74. The molecule has 1 aromatic carbocycles. The molecule has 0 aromatic heterocycles. The molecule has 1 aliphatic heterocycles. The van der Waals surface area contributed by atoms with Gasteiger partial charge in [0.05, 0.1) is 4.90 Å². The number of hydrogen-bond acceptors (Lipinski definition) is 3. The maximum atomic E-state index is 13.0. The van der Waals surface area contributed by atoms with Crippen LogP contribution in [0.4, 0.5) is 4.39 Å². The molecule has 17 heavy (non-hydrogen) atoms. The van der Waals surface area contributed by atoms with Crippen LogP contribution in [-0.4, -0.2) is 22.0 Å². The van der Waals surface area contributed by atoms with E-state index in [-0.39, 0.29) is 4.90 Å². The number of allylic oxidation sites excluding steroid dienone is 1. The third-order valence-electron chi connectivity index (χ3n) is 2.77. The largest absolute Gasteiger partial charge is 0.320 e. The minimum absolute atomic E-state index is 0.221. The monoisotopic (exact) mass is 255 g/mol. The fraction of sp³-hybridized carbons (Fsp3) is 0.333. The van der Waals surface area contributed by atoms with Gasteiger partial charge in [-0.25, -0.2) is 12.8 Å². The van der Waals surface area contributed by atoms with Gasteiger partial charge in [-0.1, -0.05) is 0 Å². The smallest absolute Gasteiger partial charge is 0.203 e. The molecule has 92 valence electrons. The number of hydrogen-bond donors (Lipinski definition) is 1. The van der Waals surface area contributed by atoms with Crippen molar-refractivity contribution in [3.05, 3.63) is 34.5 Å². The Morgan fingerprint density at radius 3 is 2.82 bits per heavy atom. The Kier molecular flexibility index (Phi) is 3.31. The topological polar surface area (TPSA) is 46.2 Å². The number of sulfone groups is 1. The van der Waals surface area contributed by atoms with E-state index in [1.807, 2.05) is 7.05 Å². The Labute approximate surface area is 100 Å². The van der Waals surface area contributed by atoms with Crippen molar-refractivity contribution in [2.24, 2.45) is 0 Å². The number of rotatable bonds is 4. The Bertz CT molecular complexity index is 564. The van der Waals surface area contributed by atoms with Gasteiger partial charge in [-0.2, -0.15) is 0 Å². The van der Waals surface area contributed by atoms with Crippen LogP contribution in [0.3, 0.4) is 0 Å². The second-order valence-corrected chi connectivity index (χ2v) is 5.97. The second-order valence-electron chi connectivity index (χ2n) is 4.00. The van der Waals surface area contributed by atoms with Gasteiger partial charge in [0.15, 0.2) is 0 Å². The molecule has 1 aromatic rings. The Morgan fingerprint density at radius 2 is 2.12 bits per heavy atom. The molecule has 0 saturated heterocycles. The molecule has 0 spiro atoms. The fourth-order valence-electron chi connectivity index (χ4n) is 1.92. The van der Waals surface area contributed by atoms with Crippen LogP contribution in [0.5, 0.6) is 0 Å². The van der Waals surface area contributed by atoms with E-state index in [9.17, 15) is 12.8 Å². The predicted octanol–water partition coefficient (Wildman–Crippen LogP) is 1.95. The molecule has 0 radical (unpaired) electrons. The molecule has 0 amide bonds. The SMILES string of the molecule is CNCCCC1=Cc2cc(F)ccc2S1(=O)=O. The highest BCUT2D eigenvalue weighted by atomic mass is 32.2. The molecular weight excluding hydrogens is 241 g/mol. The number of benzene rings is 1. The Balaban J connectivity index is 2.30. The predicted molar refractivity (Wildman–Crippen MR) is 64.7 cm³/mol. The number of nitrogens with one attached hydrogen (secondary N) is 1. The van der Waals surface area contributed by atoms with E-state index in [1.54, 1.807) is 6.08 Å². The molecule has 0 unspecified atom stereocenters. The molecule has 0 bridgehead atoms. The van der Waals surface area contributed by atoms with Crippen LogP contribution in [0.15, 0.2) is 28.0 Å². The first-order valence-corrected chi connectivity index (χ1v) is 6.94. The van der Waals surface area contributed by atoms with Gasteiger partial charge in [0.25, 0.3) is 0 Å². The normalized spacial score (nSPS) is 16.7. The molecule has 1 aliphatic rings. The van der Waals surface area contributed by atoms with Crippen molar-refractivity contribution in [1.82, 2.24) is 5.32 Å². The standard InChI is InChI=1S/C12H14FNO2S/c1-14-6-2-3-11-8-9-7-10(13)4-5-12(9)17(11,15)16/h4-5,7-8,14H,2-3,6H2,1H3. The molecule has 0 aliphatic carbocycles. The van der Waals surface area contributed by atoms with E-state index in [0.29, 0.717) is 16.9 Å². The Hall–Kier alpha value is -1.20. The van der Waals surface area contributed by atoms with E-state index in [4.69, 9.17) is 0 Å². The molecular formula is C12H14FNO2S. The summed E-state index contributed by atoms with van der Waals surface area (Å²) in [5.74, 6) is -0.410. The summed E-state index contributed by atoms with van der Waals surface area (Å²) in [7, 11) is -1.56. The number of halogens is 1. The van der Waals surface area contributed by atoms with Crippen molar-refractivity contribution in [1.29, 1.82) is 0 Å². The summed E-state index contributed by atoms with van der Waals surface area (Å²) in [6, 6.07) is 3.78. The first kappa shape index (κ1) is 12.3. The second kappa shape index (κ2) is 4.58. The average molecular weight is 255 g/mol. The van der Waals surface area contributed by atoms with Gasteiger partial charge >= 0.3 is 0 Å². The first-order chi connectivity index (χ1) is 8.05. The highest BCUT2D eigenvalue weighted by Gasteiger charge is 2.28. The van der Waals surface area contributed by atoms with E-state index < -0.39 is 15.7 Å². The zero-order valence-corrected chi connectivity index (χ0v) is 10.3. The third kappa shape index (κ3) is 2.25. The molecule has 1 N–H and O–H groups in total. The maximum Gasteiger partial charge on any atom is 0.203 e. The number of fused-ring (bicyclic) bond motifs is 1. The van der Waals surface area contributed by atoms with Crippen LogP contribution in [0, 0.1) is 5.82 Å². The van der Waals surface area contributed by atoms with Crippen molar-refractivity contribution in [3.63, 3.8) is 0 Å². The summed E-state index contributed by atoms with van der Waals surface area (Å²) >= 11 is 0. The van der Waals surface area contributed by atoms with Crippen molar-refractivity contribution in [3.8, 4) is 0 Å². The molecule has 0 atom stereocenters. The quantitative estimate of drug-likeness (QED) is 0.660. The van der Waals surface area contributed by atoms with E-state index in [1.165, 1.54) is 18.2 Å². The highest BCUT2D eigenvalue weighted by Crippen LogP contribution is 2.35. The van der Waals surface area contributed by atoms with Crippen LogP contribution in [0.1, 0.15) is 18.4 Å². The summed E-state index contributed by atoms with van der Waals surface area (Å²) in [4.78, 5) is 0.603. The summed E-state index contributed by atoms with van der Waals surface area (Å²) in [6.07, 6.45) is 2.81. The zero-order chi connectivity index (χ0) is 12.5. The van der Waals surface area contributed by atoms with Crippen LogP contribution in [0.25, 0.3) is 6.08 Å². The van der Waals surface area contributed by atoms with Gasteiger partial charge in [0, 0.05) is 4.91 Å². The van der Waals surface area contributed by atoms with E-state index in [2.05, 4.69) is 5.32 Å². The molecule has 0 saturated carbocycles. The van der Waals surface area contributed by atoms with Gasteiger partial charge in [-0.05, 0) is 56.3 Å². The van der Waals surface area contributed by atoms with E-state index in [0.717, 1.165) is 13.0 Å². The maximum absolute atomic E-state index is 13.0. The van der Waals surface area contributed by atoms with Crippen molar-refractivity contribution >= 4 is 15.9 Å². The molecule has 1 heterocycles. The van der Waals surface area contributed by atoms with Crippen LogP contribution in [-0.2, 0) is 9.84 Å². The van der Waals surface area contributed by atoms with Gasteiger partial charge in [-0.15, -0.1) is 0 Å². The lowest BCUT2D eigenvalue weighted by atomic mass is 10.2. The molecule has 5 heteroatoms. The summed E-state index contributed by atoms with van der Waals surface area (Å²) in [5, 5.41) is 2.97. The van der Waals surface area contributed by atoms with Crippen LogP contribution in [0.2, 0.25) is 0 Å². The van der Waals surface area contributed by atoms with Crippen molar-refractivity contribution < 1.29 is 12.8 Å². The minimum atomic E-state index is -3.38. The van der Waals surface area contributed by atoms with Crippen molar-refractivity contribution in [2.45, 2.75) is 17.7 Å². The highest BCUT2D eigenvalue weighted by molar-refractivity contribution is 7.95. The van der Waals surface area contributed by atoms with Gasteiger partial charge in [0.1, 0.15) is 5.82 Å². The average Bonchev–Trinajstić information content (AvgIpc) is 2.50. The van der Waals surface area contributed by atoms with E-state index >= 15 is 0 Å². The first-order valence-electron chi connectivity index (χ1n) is 5.45. The van der Waals surface area contributed by atoms with Crippen LogP contribution >= 0.6 is 0 Å². The lowest BCUT2D eigenvalue weighted by Crippen LogP contribution is -2.09. The lowest BCUT2D eigenvalue weighted by molar-refractivity contribution is 0.599. The minimum Gasteiger partial charge on any atom is -0.320 e. The summed E-state index contributed by atoms with van der Waals surface area (Å²) in [5.41, 5.74) is 0.462. The van der Waals surface area contributed by atoms with Gasteiger partial charge in [-0.3, -0.25) is 0 Å². The van der Waals surface area contributed by atoms with Gasteiger partial charge in [0.2, 0.25) is 9.84 Å². The zero-order valence-electron chi connectivity index (χ0n) is 9.53. The van der Waals surface area contributed by atoms with Crippen molar-refractivity contribution in [2.75, 3.05) is 13.6 Å². The fourth-order valence-corrected chi connectivity index (χ4v) is 3.57. The Morgan fingerprint density at radius 1 is 1.35 bits per heavy atom. The van der Waals surface area contributed by atoms with Crippen LogP contribution < -0.4 is 5.32 Å². The summed E-state index contributed by atoms with van der Waals surface area (Å²) in [6.45, 7) is 0.761. The summed E-state index contributed by atoms with van der Waals surface area (Å²) < 4.78 is 37.2. The molecule has 2 rings (SSSR count). The van der Waals surface area contributed by atoms with Gasteiger partial charge < -0.3 is 5.32 Å². The lowest BCUT2D eigenvalue weighted by Gasteiger charge is -2.03.